The molecule has 0 aliphatic carbocycles. The number of rotatable bonds is 14. The molecule has 2 aromatic carbocycles. The van der Waals surface area contributed by atoms with Crippen LogP contribution in [0.15, 0.2) is 54.6 Å². The van der Waals surface area contributed by atoms with Crippen LogP contribution in [0.2, 0.25) is 0 Å². The fourth-order valence-corrected chi connectivity index (χ4v) is 3.81. The molecule has 0 saturated heterocycles. The van der Waals surface area contributed by atoms with Gasteiger partial charge in [-0.15, -0.1) is 0 Å². The van der Waals surface area contributed by atoms with Gasteiger partial charge in [-0.05, 0) is 37.4 Å². The van der Waals surface area contributed by atoms with Crippen molar-refractivity contribution in [2.24, 2.45) is 0 Å². The van der Waals surface area contributed by atoms with E-state index < -0.39 is 17.7 Å². The topological polar surface area (TPSA) is 137 Å². The fraction of sp³-hybridized carbons (Fsp3) is 0.346. The van der Waals surface area contributed by atoms with Crippen molar-refractivity contribution in [3.63, 3.8) is 0 Å². The Balaban J connectivity index is 1.64. The molecular formula is C26H33N5O5S. The van der Waals surface area contributed by atoms with Crippen LogP contribution in [0.25, 0.3) is 0 Å². The van der Waals surface area contributed by atoms with Gasteiger partial charge < -0.3 is 26.2 Å². The second-order valence-corrected chi connectivity index (χ2v) is 8.85. The van der Waals surface area contributed by atoms with Gasteiger partial charge in [-0.1, -0.05) is 55.9 Å². The minimum Gasteiger partial charge on any atom is -0.351 e. The van der Waals surface area contributed by atoms with Crippen LogP contribution < -0.4 is 21.3 Å². The van der Waals surface area contributed by atoms with E-state index >= 15 is 0 Å². The molecule has 0 unspecified atom stereocenters. The molecule has 0 aromatic heterocycles. The lowest BCUT2D eigenvalue weighted by Crippen LogP contribution is -2.40. The highest BCUT2D eigenvalue weighted by Gasteiger charge is 2.12. The number of nitrogens with one attached hydrogen (secondary N) is 4. The van der Waals surface area contributed by atoms with Gasteiger partial charge >= 0.3 is 0 Å². The number of thioether (sulfide) groups is 1. The van der Waals surface area contributed by atoms with Crippen LogP contribution in [-0.4, -0.2) is 78.7 Å². The zero-order chi connectivity index (χ0) is 27.0. The van der Waals surface area contributed by atoms with Crippen molar-refractivity contribution in [2.45, 2.75) is 13.8 Å². The summed E-state index contributed by atoms with van der Waals surface area (Å²) in [6, 6.07) is 15.0. The smallest absolute Gasteiger partial charge is 0.251 e. The number of amides is 4. The van der Waals surface area contributed by atoms with Gasteiger partial charge in [0.25, 0.3) is 5.91 Å². The predicted octanol–water partition coefficient (Wildman–Crippen LogP) is 1.50. The molecule has 37 heavy (non-hydrogen) atoms. The second-order valence-electron chi connectivity index (χ2n) is 7.90. The summed E-state index contributed by atoms with van der Waals surface area (Å²) in [5, 5.41) is 10.1. The van der Waals surface area contributed by atoms with Gasteiger partial charge in [0.15, 0.2) is 0 Å². The summed E-state index contributed by atoms with van der Waals surface area (Å²) in [6.07, 6.45) is 0. The van der Waals surface area contributed by atoms with Gasteiger partial charge in [0.2, 0.25) is 22.8 Å². The maximum atomic E-state index is 12.3. The zero-order valence-corrected chi connectivity index (χ0v) is 21.9. The average molecular weight is 528 g/mol. The summed E-state index contributed by atoms with van der Waals surface area (Å²) < 4.78 is 0. The Morgan fingerprint density at radius 3 is 2.00 bits per heavy atom. The van der Waals surface area contributed by atoms with E-state index in [1.54, 1.807) is 54.6 Å². The van der Waals surface area contributed by atoms with Crippen LogP contribution in [0.4, 0.5) is 5.69 Å². The Morgan fingerprint density at radius 2 is 1.35 bits per heavy atom. The van der Waals surface area contributed by atoms with E-state index in [9.17, 15) is 24.0 Å². The monoisotopic (exact) mass is 527 g/mol. The molecule has 2 rings (SSSR count). The van der Waals surface area contributed by atoms with Gasteiger partial charge in [-0.3, -0.25) is 24.0 Å². The number of carbonyl (C=O) groups excluding carboxylic acids is 5. The third kappa shape index (κ3) is 11.3. The van der Waals surface area contributed by atoms with Crippen LogP contribution in [0.1, 0.15) is 34.6 Å². The largest absolute Gasteiger partial charge is 0.351 e. The number of carbonyl (C=O) groups is 5. The maximum Gasteiger partial charge on any atom is 0.251 e. The van der Waals surface area contributed by atoms with E-state index in [1.165, 1.54) is 0 Å². The second kappa shape index (κ2) is 16.1. The Morgan fingerprint density at radius 1 is 0.730 bits per heavy atom. The molecule has 0 fully saturated rings. The molecule has 0 atom stereocenters. The quantitative estimate of drug-likeness (QED) is 0.292. The molecule has 0 radical (unpaired) electrons. The molecular weight excluding hydrogens is 494 g/mol. The Bertz CT molecular complexity index is 1060. The number of benzene rings is 2. The first-order valence-electron chi connectivity index (χ1n) is 12.0. The van der Waals surface area contributed by atoms with Crippen molar-refractivity contribution in [2.75, 3.05) is 50.3 Å². The normalized spacial score (nSPS) is 10.5. The highest BCUT2D eigenvalue weighted by molar-refractivity contribution is 8.14. The van der Waals surface area contributed by atoms with Crippen molar-refractivity contribution in [3.8, 4) is 0 Å². The lowest BCUT2D eigenvalue weighted by molar-refractivity contribution is -0.126. The molecule has 10 nitrogen and oxygen atoms in total. The van der Waals surface area contributed by atoms with E-state index in [1.807, 2.05) is 0 Å². The summed E-state index contributed by atoms with van der Waals surface area (Å²) >= 11 is 0.844. The summed E-state index contributed by atoms with van der Waals surface area (Å²) in [4.78, 5) is 62.4. The summed E-state index contributed by atoms with van der Waals surface area (Å²) in [5.41, 5.74) is 1.45. The number of hydrogen-bond acceptors (Lipinski definition) is 7. The van der Waals surface area contributed by atoms with E-state index in [-0.39, 0.29) is 29.9 Å². The number of hydrogen-bond donors (Lipinski definition) is 4. The van der Waals surface area contributed by atoms with Crippen molar-refractivity contribution in [3.05, 3.63) is 65.7 Å². The third-order valence-electron chi connectivity index (χ3n) is 5.27. The third-order valence-corrected chi connectivity index (χ3v) is 6.18. The summed E-state index contributed by atoms with van der Waals surface area (Å²) in [7, 11) is 0. The Hall–Kier alpha value is -3.70. The minimum absolute atomic E-state index is 0.120. The maximum absolute atomic E-state index is 12.3. The van der Waals surface area contributed by atoms with Crippen LogP contribution in [0, 0.1) is 0 Å². The molecule has 198 valence electrons. The highest BCUT2D eigenvalue weighted by atomic mass is 32.2. The molecule has 0 bridgehead atoms. The molecule has 0 spiro atoms. The van der Waals surface area contributed by atoms with Crippen molar-refractivity contribution in [1.82, 2.24) is 20.9 Å². The molecule has 2 aromatic rings. The van der Waals surface area contributed by atoms with Gasteiger partial charge in [0, 0.05) is 29.9 Å². The first-order valence-corrected chi connectivity index (χ1v) is 13.0. The molecule has 0 aliphatic rings. The van der Waals surface area contributed by atoms with Crippen molar-refractivity contribution >= 4 is 46.2 Å². The number of nitrogens with zero attached hydrogens (tertiary/aromatic N) is 1. The van der Waals surface area contributed by atoms with Gasteiger partial charge in [0.05, 0.1) is 18.8 Å². The molecule has 0 saturated carbocycles. The molecule has 11 heteroatoms. The Labute approximate surface area is 220 Å². The summed E-state index contributed by atoms with van der Waals surface area (Å²) in [5.74, 6) is -1.78. The van der Waals surface area contributed by atoms with Crippen LogP contribution in [0.5, 0.6) is 0 Å². The highest BCUT2D eigenvalue weighted by Crippen LogP contribution is 2.11. The molecule has 4 N–H and O–H groups in total. The standard InChI is InChI=1S/C26H33N5O5S/c1-3-31(4-2)15-14-27-25(35)19-10-12-21(13-11-19)30-23(33)17-28-22(32)16-29-24(34)18-37-26(36)20-8-6-5-7-9-20/h5-13H,3-4,14-18H2,1-2H3,(H,27,35)(H,28,32)(H,29,34)(H,30,33). The predicted molar refractivity (Wildman–Crippen MR) is 144 cm³/mol. The van der Waals surface area contributed by atoms with E-state index in [4.69, 9.17) is 0 Å². The minimum atomic E-state index is -0.542. The van der Waals surface area contributed by atoms with Gasteiger partial charge in [0.1, 0.15) is 0 Å². The number of likely N-dealkylation sites (N-methyl/N-ethyl adjacent to an activating group) is 1. The van der Waals surface area contributed by atoms with Gasteiger partial charge in [-0.2, -0.15) is 0 Å². The molecule has 4 amide bonds. The Kier molecular flexibility index (Phi) is 12.9. The lowest BCUT2D eigenvalue weighted by atomic mass is 10.2. The van der Waals surface area contributed by atoms with Crippen LogP contribution in [-0.2, 0) is 14.4 Å². The van der Waals surface area contributed by atoms with Crippen LogP contribution in [0.3, 0.4) is 0 Å². The van der Waals surface area contributed by atoms with E-state index in [0.717, 1.165) is 31.4 Å². The lowest BCUT2D eigenvalue weighted by Gasteiger charge is -2.18. The first-order chi connectivity index (χ1) is 17.8. The average Bonchev–Trinajstić information content (AvgIpc) is 2.92. The van der Waals surface area contributed by atoms with Crippen molar-refractivity contribution in [1.29, 1.82) is 0 Å². The van der Waals surface area contributed by atoms with Crippen molar-refractivity contribution < 1.29 is 24.0 Å². The fourth-order valence-electron chi connectivity index (χ4n) is 3.14. The van der Waals surface area contributed by atoms with E-state index in [2.05, 4.69) is 40.0 Å². The zero-order valence-electron chi connectivity index (χ0n) is 21.0. The molecule has 0 aliphatic heterocycles. The van der Waals surface area contributed by atoms with E-state index in [0.29, 0.717) is 23.4 Å². The number of anilines is 1. The SMILES string of the molecule is CCN(CC)CCNC(=O)c1ccc(NC(=O)CNC(=O)CNC(=O)CSC(=O)c2ccccc2)cc1. The molecule has 0 heterocycles. The first kappa shape index (κ1) is 29.5. The van der Waals surface area contributed by atoms with Crippen LogP contribution >= 0.6 is 11.8 Å². The summed E-state index contributed by atoms with van der Waals surface area (Å²) in [6.45, 7) is 6.70. The van der Waals surface area contributed by atoms with Gasteiger partial charge in [-0.25, -0.2) is 0 Å².